The van der Waals surface area contributed by atoms with Crippen LogP contribution < -0.4 is 28.6 Å². The van der Waals surface area contributed by atoms with Crippen LogP contribution in [-0.2, 0) is 11.3 Å². The minimum absolute atomic E-state index is 0.00704. The molecule has 0 aliphatic heterocycles. The summed E-state index contributed by atoms with van der Waals surface area (Å²) < 4.78 is 28.6. The molecule has 0 N–H and O–H groups in total. The second-order valence-corrected chi connectivity index (χ2v) is 9.18. The molecule has 2 aromatic rings. The zero-order chi connectivity index (χ0) is 26.8. The normalized spacial score (nSPS) is 11.9. The molecule has 36 heavy (non-hydrogen) atoms. The molecule has 200 valence electrons. The first kappa shape index (κ1) is 29.1. The highest BCUT2D eigenvalue weighted by atomic mass is 16.5. The number of benzene rings is 2. The van der Waals surface area contributed by atoms with Gasteiger partial charge >= 0.3 is 0 Å². The first-order valence-electron chi connectivity index (χ1n) is 12.3. The van der Waals surface area contributed by atoms with Crippen molar-refractivity contribution in [3.8, 4) is 28.7 Å². The van der Waals surface area contributed by atoms with E-state index in [0.717, 1.165) is 12.1 Å². The van der Waals surface area contributed by atoms with Crippen LogP contribution in [0.15, 0.2) is 30.3 Å². The topological polar surface area (TPSA) is 69.7 Å². The Bertz CT molecular complexity index is 967. The van der Waals surface area contributed by atoms with Crippen LogP contribution in [0.2, 0.25) is 0 Å². The van der Waals surface area contributed by atoms with Crippen molar-refractivity contribution in [3.63, 3.8) is 0 Å². The number of carbonyl (C=O) groups is 1. The summed E-state index contributed by atoms with van der Waals surface area (Å²) in [6.07, 6.45) is 0. The SMILES string of the molecule is CCOc1cc(OC)c(CN(C(=O)C(C)C(C)C)c2ccc(OC)c(OCCN(C)C)c2)c(OC)c1. The second-order valence-electron chi connectivity index (χ2n) is 9.18. The lowest BCUT2D eigenvalue weighted by atomic mass is 9.96. The van der Waals surface area contributed by atoms with Gasteiger partial charge in [0.2, 0.25) is 5.91 Å². The Morgan fingerprint density at radius 2 is 1.47 bits per heavy atom. The van der Waals surface area contributed by atoms with E-state index >= 15 is 0 Å². The van der Waals surface area contributed by atoms with Gasteiger partial charge in [0.25, 0.3) is 0 Å². The molecule has 0 saturated carbocycles. The van der Waals surface area contributed by atoms with Crippen LogP contribution in [0, 0.1) is 11.8 Å². The molecule has 0 aliphatic carbocycles. The number of rotatable bonds is 14. The van der Waals surface area contributed by atoms with Gasteiger partial charge in [-0.05, 0) is 39.1 Å². The molecule has 2 aromatic carbocycles. The van der Waals surface area contributed by atoms with E-state index in [4.69, 9.17) is 23.7 Å². The van der Waals surface area contributed by atoms with Gasteiger partial charge in [0, 0.05) is 36.3 Å². The van der Waals surface area contributed by atoms with Gasteiger partial charge in [0.15, 0.2) is 11.5 Å². The third-order valence-corrected chi connectivity index (χ3v) is 6.12. The lowest BCUT2D eigenvalue weighted by Gasteiger charge is -2.29. The smallest absolute Gasteiger partial charge is 0.230 e. The number of amides is 1. The summed E-state index contributed by atoms with van der Waals surface area (Å²) in [4.78, 5) is 17.6. The molecule has 2 rings (SSSR count). The standard InChI is InChI=1S/C28H42N2O6/c1-10-35-22-16-25(33-8)23(26(17-22)34-9)18-30(28(31)20(4)19(2)3)21-11-12-24(32-7)27(15-21)36-14-13-29(5)6/h11-12,15-17,19-20H,10,13-14,18H2,1-9H3. The van der Waals surface area contributed by atoms with E-state index < -0.39 is 0 Å². The molecule has 0 aromatic heterocycles. The van der Waals surface area contributed by atoms with Gasteiger partial charge in [-0.1, -0.05) is 20.8 Å². The summed E-state index contributed by atoms with van der Waals surface area (Å²) in [7, 11) is 8.78. The third kappa shape index (κ3) is 7.43. The molecule has 0 bridgehead atoms. The Morgan fingerprint density at radius 1 is 0.861 bits per heavy atom. The van der Waals surface area contributed by atoms with Gasteiger partial charge in [0.1, 0.15) is 23.9 Å². The van der Waals surface area contributed by atoms with Gasteiger partial charge < -0.3 is 33.5 Å². The summed E-state index contributed by atoms with van der Waals surface area (Å²) in [6, 6.07) is 9.19. The molecule has 0 saturated heterocycles. The van der Waals surface area contributed by atoms with E-state index in [-0.39, 0.29) is 24.3 Å². The van der Waals surface area contributed by atoms with Crippen molar-refractivity contribution >= 4 is 11.6 Å². The molecule has 8 heteroatoms. The number of ether oxygens (including phenoxy) is 5. The zero-order valence-electron chi connectivity index (χ0n) is 23.2. The van der Waals surface area contributed by atoms with Gasteiger partial charge in [-0.25, -0.2) is 0 Å². The maximum absolute atomic E-state index is 13.8. The minimum Gasteiger partial charge on any atom is -0.496 e. The summed E-state index contributed by atoms with van der Waals surface area (Å²) in [5, 5.41) is 0. The fourth-order valence-corrected chi connectivity index (χ4v) is 3.64. The van der Waals surface area contributed by atoms with Crippen LogP contribution in [0.5, 0.6) is 28.7 Å². The summed E-state index contributed by atoms with van der Waals surface area (Å²) in [5.74, 6) is 2.96. The second kappa shape index (κ2) is 13.8. The van der Waals surface area contributed by atoms with E-state index in [9.17, 15) is 4.79 Å². The predicted octanol–water partition coefficient (Wildman–Crippen LogP) is 4.88. The van der Waals surface area contributed by atoms with Crippen molar-refractivity contribution in [2.45, 2.75) is 34.2 Å². The lowest BCUT2D eigenvalue weighted by molar-refractivity contribution is -0.123. The molecule has 0 radical (unpaired) electrons. The number of methoxy groups -OCH3 is 3. The van der Waals surface area contributed by atoms with Gasteiger partial charge in [-0.3, -0.25) is 4.79 Å². The first-order chi connectivity index (χ1) is 17.2. The first-order valence-corrected chi connectivity index (χ1v) is 12.3. The molecule has 1 amide bonds. The van der Waals surface area contributed by atoms with Crippen LogP contribution in [0.25, 0.3) is 0 Å². The molecule has 1 atom stereocenters. The molecule has 0 spiro atoms. The van der Waals surface area contributed by atoms with Crippen molar-refractivity contribution in [1.82, 2.24) is 4.90 Å². The molecule has 0 aliphatic rings. The number of hydrogen-bond acceptors (Lipinski definition) is 7. The van der Waals surface area contributed by atoms with E-state index in [1.54, 1.807) is 26.2 Å². The summed E-state index contributed by atoms with van der Waals surface area (Å²) >= 11 is 0. The van der Waals surface area contributed by atoms with Crippen LogP contribution in [0.4, 0.5) is 5.69 Å². The van der Waals surface area contributed by atoms with Crippen molar-refractivity contribution < 1.29 is 28.5 Å². The van der Waals surface area contributed by atoms with Crippen LogP contribution >= 0.6 is 0 Å². The van der Waals surface area contributed by atoms with Crippen LogP contribution in [0.3, 0.4) is 0 Å². The Balaban J connectivity index is 2.57. The highest BCUT2D eigenvalue weighted by Crippen LogP contribution is 2.38. The van der Waals surface area contributed by atoms with E-state index in [0.29, 0.717) is 47.6 Å². The Hall–Kier alpha value is -3.13. The maximum Gasteiger partial charge on any atom is 0.230 e. The Kier molecular flexibility index (Phi) is 11.2. The van der Waals surface area contributed by atoms with Crippen molar-refractivity contribution in [2.75, 3.05) is 60.1 Å². The average Bonchev–Trinajstić information content (AvgIpc) is 2.86. The maximum atomic E-state index is 13.8. The summed E-state index contributed by atoms with van der Waals surface area (Å²) in [5.41, 5.74) is 1.45. The van der Waals surface area contributed by atoms with Gasteiger partial charge in [-0.15, -0.1) is 0 Å². The lowest BCUT2D eigenvalue weighted by Crippen LogP contribution is -2.37. The quantitative estimate of drug-likeness (QED) is 0.365. The monoisotopic (exact) mass is 502 g/mol. The van der Waals surface area contributed by atoms with E-state index in [1.807, 2.05) is 77.0 Å². The zero-order valence-corrected chi connectivity index (χ0v) is 23.2. The van der Waals surface area contributed by atoms with E-state index in [1.165, 1.54) is 0 Å². The van der Waals surface area contributed by atoms with Crippen LogP contribution in [-0.4, -0.2) is 66.0 Å². The molecular formula is C28H42N2O6. The Labute approximate surface area is 216 Å². The third-order valence-electron chi connectivity index (χ3n) is 6.12. The number of carbonyl (C=O) groups excluding carboxylic acids is 1. The van der Waals surface area contributed by atoms with Crippen LogP contribution in [0.1, 0.15) is 33.3 Å². The Morgan fingerprint density at radius 3 is 1.97 bits per heavy atom. The largest absolute Gasteiger partial charge is 0.496 e. The number of likely N-dealkylation sites (N-methyl/N-ethyl adjacent to an activating group) is 1. The minimum atomic E-state index is -0.204. The van der Waals surface area contributed by atoms with Crippen molar-refractivity contribution in [3.05, 3.63) is 35.9 Å². The van der Waals surface area contributed by atoms with Crippen molar-refractivity contribution in [2.24, 2.45) is 11.8 Å². The molecule has 8 nitrogen and oxygen atoms in total. The predicted molar refractivity (Wildman–Crippen MR) is 143 cm³/mol. The number of hydrogen-bond donors (Lipinski definition) is 0. The fraction of sp³-hybridized carbons (Fsp3) is 0.536. The molecule has 0 fully saturated rings. The van der Waals surface area contributed by atoms with E-state index in [2.05, 4.69) is 0 Å². The fourth-order valence-electron chi connectivity index (χ4n) is 3.64. The number of nitrogens with zero attached hydrogens (tertiary/aromatic N) is 2. The van der Waals surface area contributed by atoms with Gasteiger partial charge in [-0.2, -0.15) is 0 Å². The highest BCUT2D eigenvalue weighted by molar-refractivity contribution is 5.95. The highest BCUT2D eigenvalue weighted by Gasteiger charge is 2.28. The van der Waals surface area contributed by atoms with Gasteiger partial charge in [0.05, 0.1) is 40.0 Å². The summed E-state index contributed by atoms with van der Waals surface area (Å²) in [6.45, 7) is 9.96. The molecule has 1 unspecified atom stereocenters. The van der Waals surface area contributed by atoms with Crippen molar-refractivity contribution in [1.29, 1.82) is 0 Å². The average molecular weight is 503 g/mol. The number of anilines is 1. The molecule has 0 heterocycles. The molecular weight excluding hydrogens is 460 g/mol.